The first-order valence-electron chi connectivity index (χ1n) is 27.7. The van der Waals surface area contributed by atoms with Gasteiger partial charge in [0.15, 0.2) is 6.10 Å². The Hall–Kier alpha value is -3.67. The molecule has 0 aliphatic carbocycles. The topological polar surface area (TPSA) is 78.9 Å². The van der Waals surface area contributed by atoms with Crippen LogP contribution in [-0.4, -0.2) is 37.2 Å². The van der Waals surface area contributed by atoms with Gasteiger partial charge in [0.1, 0.15) is 13.2 Å². The highest BCUT2D eigenvalue weighted by Crippen LogP contribution is 2.13. The molecule has 382 valence electrons. The quantitative estimate of drug-likeness (QED) is 0.0262. The van der Waals surface area contributed by atoms with Gasteiger partial charge in [0.05, 0.1) is 0 Å². The van der Waals surface area contributed by atoms with Crippen LogP contribution in [0.1, 0.15) is 252 Å². The van der Waals surface area contributed by atoms with E-state index in [0.29, 0.717) is 19.3 Å². The van der Waals surface area contributed by atoms with Gasteiger partial charge in [-0.15, -0.1) is 0 Å². The van der Waals surface area contributed by atoms with E-state index in [-0.39, 0.29) is 37.5 Å². The van der Waals surface area contributed by atoms with E-state index in [1.165, 1.54) is 103 Å². The Labute approximate surface area is 413 Å². The number of carbonyl (C=O) groups excluding carboxylic acids is 3. The number of unbranched alkanes of at least 4 members (excludes halogenated alkanes) is 22. The second kappa shape index (κ2) is 54.9. The summed E-state index contributed by atoms with van der Waals surface area (Å²) < 4.78 is 16.7. The Kier molecular flexibility index (Phi) is 51.9. The van der Waals surface area contributed by atoms with Gasteiger partial charge in [0, 0.05) is 19.3 Å². The van der Waals surface area contributed by atoms with Crippen molar-refractivity contribution >= 4 is 17.9 Å². The second-order valence-electron chi connectivity index (χ2n) is 18.1. The number of rotatable bonds is 49. The third-order valence-electron chi connectivity index (χ3n) is 11.6. The highest BCUT2D eigenvalue weighted by Gasteiger charge is 2.19. The average Bonchev–Trinajstić information content (AvgIpc) is 3.33. The summed E-state index contributed by atoms with van der Waals surface area (Å²) >= 11 is 0. The molecule has 0 aliphatic heterocycles. The summed E-state index contributed by atoms with van der Waals surface area (Å²) in [7, 11) is 0. The predicted molar refractivity (Wildman–Crippen MR) is 288 cm³/mol. The molecule has 0 radical (unpaired) electrons. The third kappa shape index (κ3) is 53.2. The van der Waals surface area contributed by atoms with Crippen LogP contribution < -0.4 is 0 Å². The molecule has 0 aromatic rings. The third-order valence-corrected chi connectivity index (χ3v) is 11.6. The lowest BCUT2D eigenvalue weighted by Crippen LogP contribution is -2.30. The average molecular weight is 931 g/mol. The maximum absolute atomic E-state index is 12.8. The van der Waals surface area contributed by atoms with Crippen LogP contribution in [0.4, 0.5) is 0 Å². The monoisotopic (exact) mass is 931 g/mol. The molecule has 0 aliphatic rings. The maximum atomic E-state index is 12.8. The largest absolute Gasteiger partial charge is 0.462 e. The van der Waals surface area contributed by atoms with Gasteiger partial charge in [-0.25, -0.2) is 0 Å². The van der Waals surface area contributed by atoms with Gasteiger partial charge in [-0.1, -0.05) is 221 Å². The Morgan fingerprint density at radius 3 is 1.01 bits per heavy atom. The molecule has 0 saturated heterocycles. The Morgan fingerprint density at radius 2 is 0.612 bits per heavy atom. The van der Waals surface area contributed by atoms with Crippen molar-refractivity contribution in [3.63, 3.8) is 0 Å². The predicted octanol–water partition coefficient (Wildman–Crippen LogP) is 18.5. The highest BCUT2D eigenvalue weighted by atomic mass is 16.6. The maximum Gasteiger partial charge on any atom is 0.306 e. The molecule has 0 fully saturated rings. The van der Waals surface area contributed by atoms with Crippen LogP contribution in [0.15, 0.2) is 97.2 Å². The van der Waals surface area contributed by atoms with Crippen LogP contribution in [0.5, 0.6) is 0 Å². The summed E-state index contributed by atoms with van der Waals surface area (Å²) in [6.45, 7) is 6.42. The van der Waals surface area contributed by atoms with Crippen molar-refractivity contribution in [1.82, 2.24) is 0 Å². The zero-order valence-corrected chi connectivity index (χ0v) is 43.6. The minimum absolute atomic E-state index is 0.110. The van der Waals surface area contributed by atoms with Gasteiger partial charge < -0.3 is 14.2 Å². The molecule has 0 rings (SSSR count). The van der Waals surface area contributed by atoms with Crippen LogP contribution in [0.25, 0.3) is 0 Å². The van der Waals surface area contributed by atoms with Crippen molar-refractivity contribution < 1.29 is 28.6 Å². The van der Waals surface area contributed by atoms with E-state index in [0.717, 1.165) is 103 Å². The lowest BCUT2D eigenvalue weighted by atomic mass is 10.1. The number of hydrogen-bond acceptors (Lipinski definition) is 6. The minimum atomic E-state index is -0.817. The molecule has 0 bridgehead atoms. The number of hydrogen-bond donors (Lipinski definition) is 0. The molecular formula is C61H102O6. The number of esters is 3. The summed E-state index contributed by atoms with van der Waals surface area (Å²) in [5.41, 5.74) is 0. The van der Waals surface area contributed by atoms with Gasteiger partial charge >= 0.3 is 17.9 Å². The van der Waals surface area contributed by atoms with Gasteiger partial charge in [-0.2, -0.15) is 0 Å². The van der Waals surface area contributed by atoms with Crippen molar-refractivity contribution in [3.05, 3.63) is 97.2 Å². The van der Waals surface area contributed by atoms with Gasteiger partial charge in [-0.05, 0) is 109 Å². The molecule has 0 saturated carbocycles. The standard InChI is InChI=1S/C61H102O6/c1-4-7-10-13-16-19-22-25-27-28-29-30-31-32-34-36-39-42-45-48-51-54-60(63)66-57-58(56-65-59(62)53-50-47-44-41-38-35-24-21-18-15-12-9-6-3)67-61(64)55-52-49-46-43-40-37-33-26-23-20-17-14-11-8-5-2/h9,12,18,21-22,25-26,28-29,31-33,35,38,44,47,58H,4-8,10-11,13-17,19-20,23-24,27,30,34,36-37,39-43,45-46,48-57H2,1-3H3/b12-9-,21-18-,25-22-,29-28-,32-31-,33-26-,38-35-,47-44-. The van der Waals surface area contributed by atoms with Gasteiger partial charge in [0.2, 0.25) is 0 Å². The Bertz CT molecular complexity index is 1350. The minimum Gasteiger partial charge on any atom is -0.462 e. The number of carbonyl (C=O) groups is 3. The first-order valence-corrected chi connectivity index (χ1v) is 27.7. The fraction of sp³-hybridized carbons (Fsp3) is 0.689. The number of ether oxygens (including phenoxy) is 3. The van der Waals surface area contributed by atoms with E-state index in [2.05, 4.69) is 106 Å². The van der Waals surface area contributed by atoms with E-state index < -0.39 is 6.10 Å². The SMILES string of the molecule is CC/C=C\C/C=C\C/C=C\C/C=C\CCC(=O)OCC(COC(=O)CCCCCCCC/C=C\C/C=C\C/C=C\CCCCCCC)OC(=O)CCCCCCC/C=C\CCCCCCCC. The molecule has 6 heteroatoms. The van der Waals surface area contributed by atoms with Crippen LogP contribution >= 0.6 is 0 Å². The normalized spacial score (nSPS) is 12.8. The molecule has 6 nitrogen and oxygen atoms in total. The van der Waals surface area contributed by atoms with E-state index in [1.54, 1.807) is 0 Å². The van der Waals surface area contributed by atoms with E-state index >= 15 is 0 Å². The fourth-order valence-electron chi connectivity index (χ4n) is 7.40. The molecule has 0 N–H and O–H groups in total. The fourth-order valence-corrected chi connectivity index (χ4v) is 7.40. The number of allylic oxidation sites excluding steroid dienone is 16. The molecule has 1 atom stereocenters. The molecule has 0 heterocycles. The van der Waals surface area contributed by atoms with Crippen molar-refractivity contribution in [2.45, 2.75) is 258 Å². The Balaban J connectivity index is 4.46. The molecule has 0 spiro atoms. The first kappa shape index (κ1) is 63.3. The zero-order valence-electron chi connectivity index (χ0n) is 43.6. The lowest BCUT2D eigenvalue weighted by Gasteiger charge is -2.18. The second-order valence-corrected chi connectivity index (χ2v) is 18.1. The molecule has 1 unspecified atom stereocenters. The van der Waals surface area contributed by atoms with E-state index in [9.17, 15) is 14.4 Å². The summed E-state index contributed by atoms with van der Waals surface area (Å²) in [5.74, 6) is -1.02. The molecule has 0 aromatic heterocycles. The molecule has 0 amide bonds. The summed E-state index contributed by atoms with van der Waals surface area (Å²) in [5, 5.41) is 0. The highest BCUT2D eigenvalue weighted by molar-refractivity contribution is 5.71. The summed E-state index contributed by atoms with van der Waals surface area (Å²) in [6, 6.07) is 0. The van der Waals surface area contributed by atoms with Crippen LogP contribution in [0.3, 0.4) is 0 Å². The lowest BCUT2D eigenvalue weighted by molar-refractivity contribution is -0.166. The van der Waals surface area contributed by atoms with E-state index in [4.69, 9.17) is 14.2 Å². The van der Waals surface area contributed by atoms with Crippen LogP contribution in [0.2, 0.25) is 0 Å². The Morgan fingerprint density at radius 1 is 0.313 bits per heavy atom. The van der Waals surface area contributed by atoms with Crippen LogP contribution in [0, 0.1) is 0 Å². The first-order chi connectivity index (χ1) is 33.0. The van der Waals surface area contributed by atoms with Crippen LogP contribution in [-0.2, 0) is 28.6 Å². The summed E-state index contributed by atoms with van der Waals surface area (Å²) in [4.78, 5) is 38.0. The van der Waals surface area contributed by atoms with Gasteiger partial charge in [-0.3, -0.25) is 14.4 Å². The van der Waals surface area contributed by atoms with E-state index in [1.807, 2.05) is 12.2 Å². The van der Waals surface area contributed by atoms with Crippen molar-refractivity contribution in [2.24, 2.45) is 0 Å². The summed E-state index contributed by atoms with van der Waals surface area (Å²) in [6.07, 6.45) is 72.7. The molecular weight excluding hydrogens is 829 g/mol. The smallest absolute Gasteiger partial charge is 0.306 e. The zero-order chi connectivity index (χ0) is 48.6. The van der Waals surface area contributed by atoms with Crippen molar-refractivity contribution in [1.29, 1.82) is 0 Å². The molecule has 0 aromatic carbocycles. The van der Waals surface area contributed by atoms with Crippen molar-refractivity contribution in [2.75, 3.05) is 13.2 Å². The van der Waals surface area contributed by atoms with Gasteiger partial charge in [0.25, 0.3) is 0 Å². The van der Waals surface area contributed by atoms with Crippen molar-refractivity contribution in [3.8, 4) is 0 Å². The molecule has 67 heavy (non-hydrogen) atoms.